The van der Waals surface area contributed by atoms with Crippen LogP contribution in [-0.4, -0.2) is 9.67 Å². The van der Waals surface area contributed by atoms with Crippen LogP contribution in [0.3, 0.4) is 0 Å². The van der Waals surface area contributed by atoms with E-state index in [1.165, 1.54) is 9.95 Å². The number of halogens is 3. The summed E-state index contributed by atoms with van der Waals surface area (Å²) in [7, 11) is 0. The van der Waals surface area contributed by atoms with Gasteiger partial charge in [0.1, 0.15) is 0 Å². The number of nitrogens with zero attached hydrogens (tertiary/aromatic N) is 1. The molecule has 7 heteroatoms. The van der Waals surface area contributed by atoms with Crippen molar-refractivity contribution in [3.63, 3.8) is 0 Å². The van der Waals surface area contributed by atoms with E-state index >= 15 is 0 Å². The Morgan fingerprint density at radius 3 is 2.59 bits per heavy atom. The molecule has 2 aromatic rings. The van der Waals surface area contributed by atoms with Gasteiger partial charge in [-0.15, -0.1) is 11.3 Å². The van der Waals surface area contributed by atoms with Gasteiger partial charge < -0.3 is 5.11 Å². The van der Waals surface area contributed by atoms with Crippen LogP contribution in [-0.2, 0) is 6.61 Å². The van der Waals surface area contributed by atoms with Crippen LogP contribution in [0.2, 0.25) is 0 Å². The second-order valence-electron chi connectivity index (χ2n) is 3.18. The summed E-state index contributed by atoms with van der Waals surface area (Å²) in [6.45, 7) is -0.369. The Bertz CT molecular complexity index is 620. The van der Waals surface area contributed by atoms with E-state index in [4.69, 9.17) is 17.3 Å². The topological polar surface area (TPSA) is 25.2 Å². The minimum atomic E-state index is -1.56. The Morgan fingerprint density at radius 1 is 1.24 bits per heavy atom. The molecule has 0 fully saturated rings. The number of thiazole rings is 1. The Balaban J connectivity index is 2.73. The van der Waals surface area contributed by atoms with Crippen LogP contribution in [0.4, 0.5) is 13.2 Å². The van der Waals surface area contributed by atoms with Crippen LogP contribution in [0.5, 0.6) is 0 Å². The molecule has 0 saturated carbocycles. The molecule has 0 atom stereocenters. The van der Waals surface area contributed by atoms with Gasteiger partial charge in [-0.05, 0) is 24.4 Å². The molecule has 0 saturated heterocycles. The van der Waals surface area contributed by atoms with E-state index in [9.17, 15) is 13.2 Å². The van der Waals surface area contributed by atoms with Crippen LogP contribution < -0.4 is 0 Å². The smallest absolute Gasteiger partial charge is 0.196 e. The summed E-state index contributed by atoms with van der Waals surface area (Å²) < 4.78 is 40.9. The molecule has 1 aromatic heterocycles. The molecule has 0 aliphatic rings. The first-order valence-electron chi connectivity index (χ1n) is 4.50. The van der Waals surface area contributed by atoms with Crippen LogP contribution in [0, 0.1) is 21.4 Å². The molecule has 0 bridgehead atoms. The zero-order chi connectivity index (χ0) is 12.6. The summed E-state index contributed by atoms with van der Waals surface area (Å²) in [6, 6.07) is 1.89. The lowest BCUT2D eigenvalue weighted by atomic mass is 10.2. The van der Waals surface area contributed by atoms with E-state index in [2.05, 4.69) is 0 Å². The fourth-order valence-electron chi connectivity index (χ4n) is 1.39. The summed E-state index contributed by atoms with van der Waals surface area (Å²) in [5, 5.41) is 10.6. The van der Waals surface area contributed by atoms with Crippen molar-refractivity contribution in [2.45, 2.75) is 6.61 Å². The number of benzene rings is 1. The van der Waals surface area contributed by atoms with Gasteiger partial charge in [-0.1, -0.05) is 0 Å². The molecule has 1 N–H and O–H groups in total. The minimum Gasteiger partial charge on any atom is -0.390 e. The van der Waals surface area contributed by atoms with Gasteiger partial charge in [0.2, 0.25) is 0 Å². The third kappa shape index (κ3) is 2.01. The molecule has 1 aromatic carbocycles. The molecule has 0 amide bonds. The first kappa shape index (κ1) is 12.3. The largest absolute Gasteiger partial charge is 0.390 e. The van der Waals surface area contributed by atoms with E-state index < -0.39 is 17.5 Å². The third-order valence-corrected chi connectivity index (χ3v) is 3.43. The normalized spacial score (nSPS) is 10.8. The maximum Gasteiger partial charge on any atom is 0.196 e. The van der Waals surface area contributed by atoms with E-state index in [0.29, 0.717) is 5.69 Å². The summed E-state index contributed by atoms with van der Waals surface area (Å²) in [5.41, 5.74) is 0.115. The van der Waals surface area contributed by atoms with Gasteiger partial charge >= 0.3 is 0 Å². The fraction of sp³-hybridized carbons (Fsp3) is 0.100. The SMILES string of the molecule is OCc1csc(=S)n1-c1ccc(F)c(F)c1F. The Kier molecular flexibility index (Phi) is 3.32. The van der Waals surface area contributed by atoms with Gasteiger partial charge in [-0.2, -0.15) is 0 Å². The molecule has 0 radical (unpaired) electrons. The van der Waals surface area contributed by atoms with Crippen LogP contribution in [0.15, 0.2) is 17.5 Å². The number of aromatic nitrogens is 1. The molecule has 2 nitrogen and oxygen atoms in total. The summed E-state index contributed by atoms with van der Waals surface area (Å²) in [4.78, 5) is 0. The number of hydrogen-bond acceptors (Lipinski definition) is 3. The second-order valence-corrected chi connectivity index (χ2v) is 4.68. The standard InChI is InChI=1S/C10H6F3NOS2/c11-6-1-2-7(9(13)8(6)12)14-5(3-15)4-17-10(14)16/h1-2,4,15H,3H2. The lowest BCUT2D eigenvalue weighted by Crippen LogP contribution is -2.05. The highest BCUT2D eigenvalue weighted by Gasteiger charge is 2.17. The Morgan fingerprint density at radius 2 is 1.94 bits per heavy atom. The van der Waals surface area contributed by atoms with Crippen molar-refractivity contribution in [3.8, 4) is 5.69 Å². The highest BCUT2D eigenvalue weighted by atomic mass is 32.1. The van der Waals surface area contributed by atoms with Crippen molar-refractivity contribution in [1.82, 2.24) is 4.57 Å². The summed E-state index contributed by atoms with van der Waals surface area (Å²) in [5.74, 6) is -4.15. The minimum absolute atomic E-state index is 0.209. The van der Waals surface area contributed by atoms with Crippen molar-refractivity contribution in [2.24, 2.45) is 0 Å². The van der Waals surface area contributed by atoms with Gasteiger partial charge in [0.25, 0.3) is 0 Å². The van der Waals surface area contributed by atoms with Gasteiger partial charge in [0.15, 0.2) is 21.4 Å². The Labute approximate surface area is 104 Å². The molecular weight excluding hydrogens is 271 g/mol. The van der Waals surface area contributed by atoms with Crippen molar-refractivity contribution in [3.05, 3.63) is 44.6 Å². The molecule has 17 heavy (non-hydrogen) atoms. The molecule has 0 aliphatic heterocycles. The zero-order valence-corrected chi connectivity index (χ0v) is 9.92. The Hall–Kier alpha value is -1.18. The molecule has 0 unspecified atom stereocenters. The lowest BCUT2D eigenvalue weighted by Gasteiger charge is -2.08. The van der Waals surface area contributed by atoms with Crippen LogP contribution in [0.1, 0.15) is 5.69 Å². The molecule has 0 aliphatic carbocycles. The van der Waals surface area contributed by atoms with Crippen LogP contribution in [0.25, 0.3) is 5.69 Å². The summed E-state index contributed by atoms with van der Waals surface area (Å²) in [6.07, 6.45) is 0. The molecular formula is C10H6F3NOS2. The van der Waals surface area contributed by atoms with E-state index in [-0.39, 0.29) is 16.2 Å². The maximum atomic E-state index is 13.6. The van der Waals surface area contributed by atoms with Gasteiger partial charge in [0.05, 0.1) is 18.0 Å². The van der Waals surface area contributed by atoms with Gasteiger partial charge in [-0.3, -0.25) is 4.57 Å². The second kappa shape index (κ2) is 4.59. The average molecular weight is 277 g/mol. The first-order chi connectivity index (χ1) is 8.06. The fourth-order valence-corrected chi connectivity index (χ4v) is 2.49. The van der Waals surface area contributed by atoms with Crippen molar-refractivity contribution < 1.29 is 18.3 Å². The van der Waals surface area contributed by atoms with Gasteiger partial charge in [-0.25, -0.2) is 13.2 Å². The highest BCUT2D eigenvalue weighted by Crippen LogP contribution is 2.23. The molecule has 1 heterocycles. The number of rotatable bonds is 2. The first-order valence-corrected chi connectivity index (χ1v) is 5.79. The summed E-state index contributed by atoms with van der Waals surface area (Å²) >= 11 is 6.05. The van der Waals surface area contributed by atoms with Gasteiger partial charge in [0, 0.05) is 5.38 Å². The zero-order valence-electron chi connectivity index (χ0n) is 8.28. The quantitative estimate of drug-likeness (QED) is 0.673. The lowest BCUT2D eigenvalue weighted by molar-refractivity contribution is 0.274. The number of aliphatic hydroxyl groups is 1. The van der Waals surface area contributed by atoms with Crippen molar-refractivity contribution in [1.29, 1.82) is 0 Å². The number of aliphatic hydroxyl groups excluding tert-OH is 1. The van der Waals surface area contributed by atoms with E-state index in [0.717, 1.165) is 23.5 Å². The number of hydrogen-bond donors (Lipinski definition) is 1. The monoisotopic (exact) mass is 277 g/mol. The predicted molar refractivity (Wildman–Crippen MR) is 60.3 cm³/mol. The van der Waals surface area contributed by atoms with E-state index in [1.807, 2.05) is 0 Å². The predicted octanol–water partition coefficient (Wildman–Crippen LogP) is 3.18. The molecule has 90 valence electrons. The maximum absolute atomic E-state index is 13.6. The van der Waals surface area contributed by atoms with Crippen molar-refractivity contribution in [2.75, 3.05) is 0 Å². The molecule has 0 spiro atoms. The van der Waals surface area contributed by atoms with E-state index in [1.54, 1.807) is 0 Å². The third-order valence-electron chi connectivity index (χ3n) is 2.18. The highest BCUT2D eigenvalue weighted by molar-refractivity contribution is 7.73. The molecule has 2 rings (SSSR count). The average Bonchev–Trinajstić information content (AvgIpc) is 2.68. The van der Waals surface area contributed by atoms with Crippen LogP contribution >= 0.6 is 23.6 Å². The van der Waals surface area contributed by atoms with Crippen molar-refractivity contribution >= 4 is 23.6 Å².